The van der Waals surface area contributed by atoms with Crippen LogP contribution in [0.1, 0.15) is 16.7 Å². The number of alkyl halides is 3. The predicted molar refractivity (Wildman–Crippen MR) is 97.8 cm³/mol. The standard InChI is InChI=1S/C18H20F3N3O3S/c1-24(2)28(26,27)16-9-4-3-7-14(16)12-23-17(25)22-11-13-6-5-8-15(10-13)18(19,20)21/h3-10H,11-12H2,1-2H3,(H2,22,23,25). The summed E-state index contributed by atoms with van der Waals surface area (Å²) in [5, 5.41) is 4.96. The highest BCUT2D eigenvalue weighted by atomic mass is 32.2. The zero-order valence-corrected chi connectivity index (χ0v) is 16.1. The number of carbonyl (C=O) groups excluding carboxylic acids is 1. The van der Waals surface area contributed by atoms with Crippen molar-refractivity contribution in [1.82, 2.24) is 14.9 Å². The molecular weight excluding hydrogens is 395 g/mol. The minimum absolute atomic E-state index is 0.0579. The van der Waals surface area contributed by atoms with E-state index in [0.29, 0.717) is 11.1 Å². The van der Waals surface area contributed by atoms with Gasteiger partial charge in [0.25, 0.3) is 0 Å². The number of benzene rings is 2. The van der Waals surface area contributed by atoms with Gasteiger partial charge in [-0.1, -0.05) is 30.3 Å². The van der Waals surface area contributed by atoms with Crippen molar-refractivity contribution in [2.75, 3.05) is 14.1 Å². The Hall–Kier alpha value is -2.59. The molecule has 10 heteroatoms. The number of carbonyl (C=O) groups is 1. The average molecular weight is 415 g/mol. The summed E-state index contributed by atoms with van der Waals surface area (Å²) in [6.45, 7) is -0.162. The van der Waals surface area contributed by atoms with E-state index in [1.807, 2.05) is 0 Å². The van der Waals surface area contributed by atoms with E-state index in [4.69, 9.17) is 0 Å². The van der Waals surface area contributed by atoms with E-state index in [2.05, 4.69) is 10.6 Å². The number of urea groups is 1. The van der Waals surface area contributed by atoms with Crippen molar-refractivity contribution in [1.29, 1.82) is 0 Å². The quantitative estimate of drug-likeness (QED) is 0.762. The fourth-order valence-corrected chi connectivity index (χ4v) is 3.49. The lowest BCUT2D eigenvalue weighted by Gasteiger charge is -2.15. The summed E-state index contributed by atoms with van der Waals surface area (Å²) in [5.74, 6) is 0. The lowest BCUT2D eigenvalue weighted by molar-refractivity contribution is -0.137. The molecule has 2 aromatic rings. The Morgan fingerprint density at radius 2 is 1.64 bits per heavy atom. The molecule has 0 fully saturated rings. The summed E-state index contributed by atoms with van der Waals surface area (Å²) < 4.78 is 63.9. The first-order valence-corrected chi connectivity index (χ1v) is 9.64. The molecule has 0 saturated heterocycles. The number of nitrogens with one attached hydrogen (secondary N) is 2. The number of hydrogen-bond acceptors (Lipinski definition) is 3. The maximum Gasteiger partial charge on any atom is 0.416 e. The average Bonchev–Trinajstić information content (AvgIpc) is 2.64. The SMILES string of the molecule is CN(C)S(=O)(=O)c1ccccc1CNC(=O)NCc1cccc(C(F)(F)F)c1. The molecule has 0 saturated carbocycles. The highest BCUT2D eigenvalue weighted by Gasteiger charge is 2.30. The topological polar surface area (TPSA) is 78.5 Å². The fraction of sp³-hybridized carbons (Fsp3) is 0.278. The van der Waals surface area contributed by atoms with Crippen molar-refractivity contribution in [2.24, 2.45) is 0 Å². The molecule has 152 valence electrons. The molecule has 0 radical (unpaired) electrons. The Morgan fingerprint density at radius 3 is 2.29 bits per heavy atom. The second-order valence-corrected chi connectivity index (χ2v) is 8.25. The lowest BCUT2D eigenvalue weighted by atomic mass is 10.1. The Bertz CT molecular complexity index is 944. The molecule has 2 N–H and O–H groups in total. The van der Waals surface area contributed by atoms with Crippen LogP contribution in [0.4, 0.5) is 18.0 Å². The highest BCUT2D eigenvalue weighted by Crippen LogP contribution is 2.29. The van der Waals surface area contributed by atoms with Crippen LogP contribution in [-0.4, -0.2) is 32.8 Å². The van der Waals surface area contributed by atoms with Crippen LogP contribution in [0.25, 0.3) is 0 Å². The molecule has 0 heterocycles. The fourth-order valence-electron chi connectivity index (χ4n) is 2.38. The maximum atomic E-state index is 12.7. The molecule has 0 spiro atoms. The van der Waals surface area contributed by atoms with Crippen molar-refractivity contribution in [3.8, 4) is 0 Å². The predicted octanol–water partition coefficient (Wildman–Crippen LogP) is 2.96. The van der Waals surface area contributed by atoms with E-state index in [1.165, 1.54) is 32.3 Å². The summed E-state index contributed by atoms with van der Waals surface area (Å²) in [5.41, 5.74) is -0.110. The van der Waals surface area contributed by atoms with Crippen LogP contribution in [0.3, 0.4) is 0 Å². The van der Waals surface area contributed by atoms with Crippen LogP contribution in [0, 0.1) is 0 Å². The normalized spacial score (nSPS) is 12.1. The molecule has 2 amide bonds. The molecule has 0 aliphatic carbocycles. The molecular formula is C18H20F3N3O3S. The van der Waals surface area contributed by atoms with Gasteiger partial charge in [0.15, 0.2) is 0 Å². The third-order valence-corrected chi connectivity index (χ3v) is 5.79. The number of amides is 2. The smallest absolute Gasteiger partial charge is 0.334 e. The number of halogens is 3. The van der Waals surface area contributed by atoms with Crippen LogP contribution >= 0.6 is 0 Å². The van der Waals surface area contributed by atoms with Gasteiger partial charge in [-0.25, -0.2) is 17.5 Å². The van der Waals surface area contributed by atoms with Crippen LogP contribution in [-0.2, 0) is 29.3 Å². The maximum absolute atomic E-state index is 12.7. The molecule has 0 aliphatic rings. The van der Waals surface area contributed by atoms with Gasteiger partial charge in [0.05, 0.1) is 10.5 Å². The Balaban J connectivity index is 1.99. The molecule has 2 rings (SSSR count). The molecule has 2 aromatic carbocycles. The van der Waals surface area contributed by atoms with E-state index in [1.54, 1.807) is 18.2 Å². The van der Waals surface area contributed by atoms with Crippen molar-refractivity contribution >= 4 is 16.1 Å². The van der Waals surface area contributed by atoms with E-state index in [9.17, 15) is 26.4 Å². The van der Waals surface area contributed by atoms with Crippen LogP contribution in [0.15, 0.2) is 53.4 Å². The van der Waals surface area contributed by atoms with Gasteiger partial charge in [0.2, 0.25) is 10.0 Å². The van der Waals surface area contributed by atoms with Crippen LogP contribution in [0.5, 0.6) is 0 Å². The van der Waals surface area contributed by atoms with Gasteiger partial charge >= 0.3 is 12.2 Å². The van der Waals surface area contributed by atoms with Gasteiger partial charge in [-0.05, 0) is 29.3 Å². The second-order valence-electron chi connectivity index (χ2n) is 6.13. The minimum Gasteiger partial charge on any atom is -0.334 e. The summed E-state index contributed by atoms with van der Waals surface area (Å²) in [7, 11) is -0.866. The van der Waals surface area contributed by atoms with E-state index < -0.39 is 27.8 Å². The third kappa shape index (κ3) is 5.46. The van der Waals surface area contributed by atoms with Gasteiger partial charge in [0.1, 0.15) is 0 Å². The first-order valence-electron chi connectivity index (χ1n) is 8.20. The van der Waals surface area contributed by atoms with E-state index in [-0.39, 0.29) is 18.0 Å². The molecule has 0 aromatic heterocycles. The van der Waals surface area contributed by atoms with Crippen molar-refractivity contribution < 1.29 is 26.4 Å². The number of hydrogen-bond donors (Lipinski definition) is 2. The zero-order valence-electron chi connectivity index (χ0n) is 15.2. The van der Waals surface area contributed by atoms with Gasteiger partial charge in [0, 0.05) is 27.2 Å². The number of nitrogens with zero attached hydrogens (tertiary/aromatic N) is 1. The third-order valence-electron chi connectivity index (χ3n) is 3.88. The largest absolute Gasteiger partial charge is 0.416 e. The monoisotopic (exact) mass is 415 g/mol. The molecule has 0 atom stereocenters. The summed E-state index contributed by atoms with van der Waals surface area (Å²) in [6.07, 6.45) is -4.46. The first kappa shape index (κ1) is 21.7. The Labute approximate surface area is 161 Å². The van der Waals surface area contributed by atoms with Crippen LogP contribution < -0.4 is 10.6 Å². The Kier molecular flexibility index (Phi) is 6.68. The Morgan fingerprint density at radius 1 is 1.00 bits per heavy atom. The number of rotatable bonds is 6. The van der Waals surface area contributed by atoms with E-state index >= 15 is 0 Å². The van der Waals surface area contributed by atoms with Crippen LogP contribution in [0.2, 0.25) is 0 Å². The van der Waals surface area contributed by atoms with Gasteiger partial charge < -0.3 is 10.6 Å². The van der Waals surface area contributed by atoms with Crippen molar-refractivity contribution in [2.45, 2.75) is 24.2 Å². The van der Waals surface area contributed by atoms with Gasteiger partial charge in [-0.15, -0.1) is 0 Å². The zero-order chi connectivity index (χ0) is 20.9. The highest BCUT2D eigenvalue weighted by molar-refractivity contribution is 7.89. The van der Waals surface area contributed by atoms with E-state index in [0.717, 1.165) is 16.4 Å². The first-order chi connectivity index (χ1) is 13.0. The van der Waals surface area contributed by atoms with Crippen molar-refractivity contribution in [3.63, 3.8) is 0 Å². The lowest BCUT2D eigenvalue weighted by Crippen LogP contribution is -2.35. The van der Waals surface area contributed by atoms with Gasteiger partial charge in [-0.2, -0.15) is 13.2 Å². The molecule has 0 unspecified atom stereocenters. The molecule has 6 nitrogen and oxygen atoms in total. The summed E-state index contributed by atoms with van der Waals surface area (Å²) in [4.78, 5) is 12.0. The van der Waals surface area contributed by atoms with Gasteiger partial charge in [-0.3, -0.25) is 0 Å². The van der Waals surface area contributed by atoms with Crippen molar-refractivity contribution in [3.05, 3.63) is 65.2 Å². The molecule has 28 heavy (non-hydrogen) atoms. The second kappa shape index (κ2) is 8.61. The summed E-state index contributed by atoms with van der Waals surface area (Å²) in [6, 6.07) is 10.2. The molecule has 0 aliphatic heterocycles. The summed E-state index contributed by atoms with van der Waals surface area (Å²) >= 11 is 0. The minimum atomic E-state index is -4.46. The molecule has 0 bridgehead atoms. The number of sulfonamides is 1.